The number of carbonyl (C=O) groups is 2. The third-order valence-corrected chi connectivity index (χ3v) is 4.99. The number of para-hydroxylation sites is 1. The Bertz CT molecular complexity index is 1280. The van der Waals surface area contributed by atoms with Crippen LogP contribution in [0.2, 0.25) is 0 Å². The summed E-state index contributed by atoms with van der Waals surface area (Å²) >= 11 is 0. The summed E-state index contributed by atoms with van der Waals surface area (Å²) in [6, 6.07) is 17.7. The van der Waals surface area contributed by atoms with Crippen LogP contribution in [-0.2, 0) is 16.1 Å². The molecule has 0 saturated carbocycles. The first kappa shape index (κ1) is 21.9. The highest BCUT2D eigenvalue weighted by molar-refractivity contribution is 6.05. The molecule has 1 N–H and O–H groups in total. The molecule has 4 aromatic rings. The number of hydrogen-bond donors (Lipinski definition) is 1. The van der Waals surface area contributed by atoms with E-state index >= 15 is 0 Å². The summed E-state index contributed by atoms with van der Waals surface area (Å²) in [5, 5.41) is 3.27. The van der Waals surface area contributed by atoms with Gasteiger partial charge >= 0.3 is 5.97 Å². The second kappa shape index (κ2) is 9.86. The zero-order chi connectivity index (χ0) is 23.2. The fraction of sp³-hybridized carbons (Fsp3) is 0.160. The molecule has 0 spiro atoms. The molecule has 2 aromatic carbocycles. The van der Waals surface area contributed by atoms with E-state index in [9.17, 15) is 9.59 Å². The highest BCUT2D eigenvalue weighted by atomic mass is 16.5. The Hall–Kier alpha value is -4.33. The zero-order valence-electron chi connectivity index (χ0n) is 18.2. The number of amides is 1. The van der Waals surface area contributed by atoms with Crippen molar-refractivity contribution in [2.45, 2.75) is 6.54 Å². The minimum atomic E-state index is -0.622. The minimum Gasteiger partial charge on any atom is -0.493 e. The lowest BCUT2D eigenvalue weighted by atomic mass is 10.0. The van der Waals surface area contributed by atoms with Crippen molar-refractivity contribution < 1.29 is 28.2 Å². The first-order valence-electron chi connectivity index (χ1n) is 10.2. The molecule has 2 aromatic heterocycles. The number of rotatable bonds is 8. The molecule has 8 heteroatoms. The summed E-state index contributed by atoms with van der Waals surface area (Å²) in [6.07, 6.45) is 1.52. The molecule has 2 heterocycles. The van der Waals surface area contributed by atoms with Crippen LogP contribution in [-0.4, -0.2) is 37.7 Å². The van der Waals surface area contributed by atoms with E-state index in [1.54, 1.807) is 50.6 Å². The monoisotopic (exact) mass is 446 g/mol. The maximum Gasteiger partial charge on any atom is 0.339 e. The van der Waals surface area contributed by atoms with Gasteiger partial charge in [-0.05, 0) is 42.5 Å². The van der Waals surface area contributed by atoms with Crippen LogP contribution in [0.5, 0.6) is 11.5 Å². The van der Waals surface area contributed by atoms with E-state index in [2.05, 4.69) is 10.3 Å². The van der Waals surface area contributed by atoms with Gasteiger partial charge in [0, 0.05) is 10.9 Å². The number of nitrogens with one attached hydrogen (secondary N) is 1. The van der Waals surface area contributed by atoms with Crippen molar-refractivity contribution in [1.82, 2.24) is 10.3 Å². The average molecular weight is 446 g/mol. The molecule has 0 fully saturated rings. The molecule has 4 rings (SSSR count). The van der Waals surface area contributed by atoms with Gasteiger partial charge in [0.2, 0.25) is 0 Å². The Morgan fingerprint density at radius 2 is 1.79 bits per heavy atom. The normalized spacial score (nSPS) is 10.6. The number of methoxy groups -OCH3 is 2. The zero-order valence-corrected chi connectivity index (χ0v) is 18.2. The number of hydrogen-bond acceptors (Lipinski definition) is 7. The number of esters is 1. The van der Waals surface area contributed by atoms with Crippen LogP contribution in [0.3, 0.4) is 0 Å². The van der Waals surface area contributed by atoms with Crippen molar-refractivity contribution >= 4 is 22.8 Å². The summed E-state index contributed by atoms with van der Waals surface area (Å²) in [7, 11) is 3.11. The van der Waals surface area contributed by atoms with E-state index in [0.29, 0.717) is 39.4 Å². The second-order valence-corrected chi connectivity index (χ2v) is 7.07. The van der Waals surface area contributed by atoms with Gasteiger partial charge in [-0.3, -0.25) is 4.79 Å². The van der Waals surface area contributed by atoms with Gasteiger partial charge in [-0.25, -0.2) is 9.78 Å². The van der Waals surface area contributed by atoms with Gasteiger partial charge in [0.25, 0.3) is 5.91 Å². The Balaban J connectivity index is 1.57. The molecule has 0 radical (unpaired) electrons. The lowest BCUT2D eigenvalue weighted by Crippen LogP contribution is -2.28. The fourth-order valence-corrected chi connectivity index (χ4v) is 3.35. The summed E-state index contributed by atoms with van der Waals surface area (Å²) < 4.78 is 21.1. The van der Waals surface area contributed by atoms with E-state index < -0.39 is 18.5 Å². The molecule has 8 nitrogen and oxygen atoms in total. The van der Waals surface area contributed by atoms with Crippen molar-refractivity contribution in [3.8, 4) is 22.8 Å². The lowest BCUT2D eigenvalue weighted by Gasteiger charge is -2.12. The number of pyridine rings is 1. The number of benzene rings is 2. The van der Waals surface area contributed by atoms with Crippen LogP contribution in [0.15, 0.2) is 71.3 Å². The van der Waals surface area contributed by atoms with Crippen LogP contribution in [0.4, 0.5) is 0 Å². The van der Waals surface area contributed by atoms with Crippen molar-refractivity contribution in [3.05, 3.63) is 78.3 Å². The molecule has 168 valence electrons. The van der Waals surface area contributed by atoms with Crippen LogP contribution >= 0.6 is 0 Å². The molecular formula is C25H22N2O6. The topological polar surface area (TPSA) is 99.9 Å². The van der Waals surface area contributed by atoms with E-state index in [4.69, 9.17) is 18.6 Å². The van der Waals surface area contributed by atoms with E-state index in [0.717, 1.165) is 5.56 Å². The van der Waals surface area contributed by atoms with Gasteiger partial charge < -0.3 is 23.9 Å². The number of furan rings is 1. The SMILES string of the molecule is COc1ccc(-c2cc(C(=O)OCC(=O)NCc3ccco3)c3ccccc3n2)cc1OC. The Morgan fingerprint density at radius 3 is 2.55 bits per heavy atom. The Labute approximate surface area is 190 Å². The van der Waals surface area contributed by atoms with Gasteiger partial charge in [-0.1, -0.05) is 18.2 Å². The predicted octanol–water partition coefficient (Wildman–Crippen LogP) is 3.99. The smallest absolute Gasteiger partial charge is 0.339 e. The quantitative estimate of drug-likeness (QED) is 0.409. The maximum atomic E-state index is 12.9. The van der Waals surface area contributed by atoms with Crippen molar-refractivity contribution in [2.75, 3.05) is 20.8 Å². The lowest BCUT2D eigenvalue weighted by molar-refractivity contribution is -0.124. The molecule has 0 atom stereocenters. The number of aromatic nitrogens is 1. The predicted molar refractivity (Wildman–Crippen MR) is 121 cm³/mol. The van der Waals surface area contributed by atoms with E-state index in [1.807, 2.05) is 24.3 Å². The van der Waals surface area contributed by atoms with Crippen LogP contribution in [0.25, 0.3) is 22.2 Å². The van der Waals surface area contributed by atoms with E-state index in [-0.39, 0.29) is 6.54 Å². The second-order valence-electron chi connectivity index (χ2n) is 7.07. The summed E-state index contributed by atoms with van der Waals surface area (Å²) in [6.45, 7) is -0.201. The minimum absolute atomic E-state index is 0.213. The van der Waals surface area contributed by atoms with Gasteiger partial charge in [-0.15, -0.1) is 0 Å². The molecular weight excluding hydrogens is 424 g/mol. The van der Waals surface area contributed by atoms with Crippen LogP contribution in [0, 0.1) is 0 Å². The summed E-state index contributed by atoms with van der Waals surface area (Å²) in [4.78, 5) is 29.7. The first-order chi connectivity index (χ1) is 16.1. The fourth-order valence-electron chi connectivity index (χ4n) is 3.35. The molecule has 0 aliphatic carbocycles. The molecule has 0 aliphatic rings. The summed E-state index contributed by atoms with van der Waals surface area (Å²) in [5.41, 5.74) is 2.23. The molecule has 33 heavy (non-hydrogen) atoms. The van der Waals surface area contributed by atoms with Crippen molar-refractivity contribution in [3.63, 3.8) is 0 Å². The number of ether oxygens (including phenoxy) is 3. The Morgan fingerprint density at radius 1 is 0.970 bits per heavy atom. The molecule has 0 bridgehead atoms. The highest BCUT2D eigenvalue weighted by Gasteiger charge is 2.17. The third kappa shape index (κ3) is 4.95. The highest BCUT2D eigenvalue weighted by Crippen LogP contribution is 2.33. The number of fused-ring (bicyclic) bond motifs is 1. The number of nitrogens with zero attached hydrogens (tertiary/aromatic N) is 1. The third-order valence-electron chi connectivity index (χ3n) is 4.99. The van der Waals surface area contributed by atoms with Gasteiger partial charge in [-0.2, -0.15) is 0 Å². The van der Waals surface area contributed by atoms with Crippen LogP contribution < -0.4 is 14.8 Å². The first-order valence-corrected chi connectivity index (χ1v) is 10.2. The molecule has 1 amide bonds. The number of carbonyl (C=O) groups excluding carboxylic acids is 2. The van der Waals surface area contributed by atoms with E-state index in [1.165, 1.54) is 6.26 Å². The molecule has 0 unspecified atom stereocenters. The van der Waals surface area contributed by atoms with Crippen molar-refractivity contribution in [2.24, 2.45) is 0 Å². The standard InChI is InChI=1S/C25H22N2O6/c1-30-22-10-9-16(12-23(22)31-2)21-13-19(18-7-3-4-8-20(18)27-21)25(29)33-15-24(28)26-14-17-6-5-11-32-17/h3-13H,14-15H2,1-2H3,(H,26,28). The maximum absolute atomic E-state index is 12.9. The van der Waals surface area contributed by atoms with Gasteiger partial charge in [0.1, 0.15) is 5.76 Å². The molecule has 0 aliphatic heterocycles. The van der Waals surface area contributed by atoms with Crippen LogP contribution in [0.1, 0.15) is 16.1 Å². The molecule has 0 saturated heterocycles. The van der Waals surface area contributed by atoms with Gasteiger partial charge in [0.15, 0.2) is 18.1 Å². The average Bonchev–Trinajstić information content (AvgIpc) is 3.38. The Kier molecular flexibility index (Phi) is 6.54. The van der Waals surface area contributed by atoms with Crippen molar-refractivity contribution in [1.29, 1.82) is 0 Å². The largest absolute Gasteiger partial charge is 0.493 e. The van der Waals surface area contributed by atoms with Gasteiger partial charge in [0.05, 0.1) is 43.8 Å². The summed E-state index contributed by atoms with van der Waals surface area (Å²) in [5.74, 6) is 0.681.